The Balaban J connectivity index is 2.21. The van der Waals surface area contributed by atoms with Crippen LogP contribution in [0.25, 0.3) is 0 Å². The van der Waals surface area contributed by atoms with Crippen LogP contribution in [-0.2, 0) is 5.60 Å². The molecule has 1 N–H and O–H groups in total. The molecule has 2 atom stereocenters. The zero-order valence-corrected chi connectivity index (χ0v) is 11.4. The van der Waals surface area contributed by atoms with Crippen LogP contribution in [0.1, 0.15) is 51.5 Å². The Kier molecular flexibility index (Phi) is 4.23. The lowest BCUT2D eigenvalue weighted by molar-refractivity contribution is -0.00439. The Bertz CT molecular complexity index is 394. The van der Waals surface area contributed by atoms with E-state index in [9.17, 15) is 5.11 Å². The fourth-order valence-electron chi connectivity index (χ4n) is 2.94. The van der Waals surface area contributed by atoms with Crippen LogP contribution in [0, 0.1) is 5.92 Å². The molecule has 0 saturated heterocycles. The van der Waals surface area contributed by atoms with Gasteiger partial charge in [0.1, 0.15) is 5.75 Å². The molecule has 1 fully saturated rings. The average Bonchev–Trinajstić information content (AvgIpc) is 2.79. The summed E-state index contributed by atoms with van der Waals surface area (Å²) < 4.78 is 5.60. The maximum Gasteiger partial charge on any atom is 0.137 e. The summed E-state index contributed by atoms with van der Waals surface area (Å²) in [6.07, 6.45) is 8.53. The van der Waals surface area contributed by atoms with Crippen molar-refractivity contribution in [3.63, 3.8) is 0 Å². The first-order chi connectivity index (χ1) is 8.70. The Morgan fingerprint density at radius 3 is 3.00 bits per heavy atom. The second-order valence-electron chi connectivity index (χ2n) is 5.18. The second kappa shape index (κ2) is 5.70. The number of aliphatic hydroxyl groups is 1. The molecular formula is C15H23NO2. The summed E-state index contributed by atoms with van der Waals surface area (Å²) in [5, 5.41) is 10.9. The van der Waals surface area contributed by atoms with E-state index < -0.39 is 5.60 Å². The molecule has 0 spiro atoms. The number of aromatic nitrogens is 1. The number of pyridine rings is 1. The van der Waals surface area contributed by atoms with Crippen LogP contribution in [0.4, 0.5) is 0 Å². The van der Waals surface area contributed by atoms with Crippen LogP contribution in [0.5, 0.6) is 5.75 Å². The van der Waals surface area contributed by atoms with Crippen LogP contribution >= 0.6 is 0 Å². The number of nitrogens with zero attached hydrogens (tertiary/aromatic N) is 1. The third-order valence-electron chi connectivity index (χ3n) is 3.96. The highest BCUT2D eigenvalue weighted by Crippen LogP contribution is 2.45. The summed E-state index contributed by atoms with van der Waals surface area (Å²) in [7, 11) is 0. The van der Waals surface area contributed by atoms with Crippen molar-refractivity contribution in [2.24, 2.45) is 5.92 Å². The largest absolute Gasteiger partial charge is 0.492 e. The Hall–Kier alpha value is -1.09. The monoisotopic (exact) mass is 249 g/mol. The molecule has 1 saturated carbocycles. The number of hydrogen-bond acceptors (Lipinski definition) is 3. The van der Waals surface area contributed by atoms with E-state index in [0.717, 1.165) is 43.4 Å². The van der Waals surface area contributed by atoms with Crippen molar-refractivity contribution in [1.82, 2.24) is 4.98 Å². The molecule has 18 heavy (non-hydrogen) atoms. The molecule has 1 aromatic heterocycles. The van der Waals surface area contributed by atoms with Crippen molar-refractivity contribution in [1.29, 1.82) is 0 Å². The van der Waals surface area contributed by atoms with E-state index in [1.807, 2.05) is 6.07 Å². The van der Waals surface area contributed by atoms with E-state index in [2.05, 4.69) is 18.8 Å². The van der Waals surface area contributed by atoms with E-state index in [1.54, 1.807) is 12.4 Å². The minimum Gasteiger partial charge on any atom is -0.492 e. The van der Waals surface area contributed by atoms with Crippen LogP contribution in [0.2, 0.25) is 0 Å². The molecule has 2 rings (SSSR count). The summed E-state index contributed by atoms with van der Waals surface area (Å²) >= 11 is 0. The van der Waals surface area contributed by atoms with Gasteiger partial charge in [-0.05, 0) is 37.7 Å². The quantitative estimate of drug-likeness (QED) is 0.871. The normalized spacial score (nSPS) is 27.4. The lowest BCUT2D eigenvalue weighted by Gasteiger charge is -2.30. The molecule has 0 amide bonds. The summed E-state index contributed by atoms with van der Waals surface area (Å²) in [6, 6.07) is 1.96. The maximum atomic E-state index is 10.9. The van der Waals surface area contributed by atoms with Crippen LogP contribution in [0.15, 0.2) is 18.5 Å². The SMILES string of the molecule is CCCOc1cncc(C2(O)CCCC2CC)c1. The first kappa shape index (κ1) is 13.3. The van der Waals surface area contributed by atoms with Gasteiger partial charge in [0.2, 0.25) is 0 Å². The zero-order valence-electron chi connectivity index (χ0n) is 11.4. The van der Waals surface area contributed by atoms with Gasteiger partial charge in [-0.3, -0.25) is 4.98 Å². The summed E-state index contributed by atoms with van der Waals surface area (Å²) in [6.45, 7) is 4.92. The molecule has 2 unspecified atom stereocenters. The van der Waals surface area contributed by atoms with Gasteiger partial charge >= 0.3 is 0 Å². The number of ether oxygens (including phenoxy) is 1. The fourth-order valence-corrected chi connectivity index (χ4v) is 2.94. The van der Waals surface area contributed by atoms with E-state index in [4.69, 9.17) is 4.74 Å². The lowest BCUT2D eigenvalue weighted by Crippen LogP contribution is -2.30. The molecule has 1 aliphatic rings. The van der Waals surface area contributed by atoms with Crippen molar-refractivity contribution < 1.29 is 9.84 Å². The summed E-state index contributed by atoms with van der Waals surface area (Å²) in [5.41, 5.74) is 0.216. The van der Waals surface area contributed by atoms with Crippen molar-refractivity contribution >= 4 is 0 Å². The number of rotatable bonds is 5. The van der Waals surface area contributed by atoms with Crippen molar-refractivity contribution in [3.8, 4) is 5.75 Å². The first-order valence-electron chi connectivity index (χ1n) is 7.01. The minimum absolute atomic E-state index is 0.348. The highest BCUT2D eigenvalue weighted by molar-refractivity contribution is 5.29. The van der Waals surface area contributed by atoms with Gasteiger partial charge in [0.15, 0.2) is 0 Å². The Morgan fingerprint density at radius 2 is 2.28 bits per heavy atom. The summed E-state index contributed by atoms with van der Waals surface area (Å²) in [5.74, 6) is 1.12. The van der Waals surface area contributed by atoms with Gasteiger partial charge < -0.3 is 9.84 Å². The minimum atomic E-state index is -0.701. The van der Waals surface area contributed by atoms with E-state index >= 15 is 0 Å². The highest BCUT2D eigenvalue weighted by Gasteiger charge is 2.41. The molecule has 0 bridgehead atoms. The highest BCUT2D eigenvalue weighted by atomic mass is 16.5. The molecule has 0 aromatic carbocycles. The van der Waals surface area contributed by atoms with Gasteiger partial charge in [-0.15, -0.1) is 0 Å². The van der Waals surface area contributed by atoms with E-state index in [1.165, 1.54) is 0 Å². The molecule has 1 heterocycles. The maximum absolute atomic E-state index is 10.9. The fraction of sp³-hybridized carbons (Fsp3) is 0.667. The standard InChI is InChI=1S/C15H23NO2/c1-3-8-18-14-9-13(10-16-11-14)15(17)7-5-6-12(15)4-2/h9-12,17H,3-8H2,1-2H3. The van der Waals surface area contributed by atoms with Gasteiger partial charge in [0.05, 0.1) is 18.4 Å². The molecule has 3 heteroatoms. The first-order valence-corrected chi connectivity index (χ1v) is 7.01. The molecule has 0 radical (unpaired) electrons. The Morgan fingerprint density at radius 1 is 1.44 bits per heavy atom. The van der Waals surface area contributed by atoms with E-state index in [0.29, 0.717) is 12.5 Å². The van der Waals surface area contributed by atoms with Crippen molar-refractivity contribution in [2.45, 2.75) is 51.6 Å². The molecule has 0 aliphatic heterocycles. The molecule has 1 aliphatic carbocycles. The molecule has 100 valence electrons. The molecule has 3 nitrogen and oxygen atoms in total. The topological polar surface area (TPSA) is 42.4 Å². The lowest BCUT2D eigenvalue weighted by atomic mass is 9.83. The van der Waals surface area contributed by atoms with Crippen molar-refractivity contribution in [2.75, 3.05) is 6.61 Å². The van der Waals surface area contributed by atoms with Gasteiger partial charge in [-0.1, -0.05) is 20.3 Å². The third-order valence-corrected chi connectivity index (χ3v) is 3.96. The predicted molar refractivity (Wildman–Crippen MR) is 71.6 cm³/mol. The van der Waals surface area contributed by atoms with Crippen LogP contribution in [0.3, 0.4) is 0 Å². The van der Waals surface area contributed by atoms with Gasteiger partial charge in [0.25, 0.3) is 0 Å². The molecular weight excluding hydrogens is 226 g/mol. The van der Waals surface area contributed by atoms with Gasteiger partial charge in [-0.2, -0.15) is 0 Å². The third kappa shape index (κ3) is 2.51. The summed E-state index contributed by atoms with van der Waals surface area (Å²) in [4.78, 5) is 4.21. The average molecular weight is 249 g/mol. The second-order valence-corrected chi connectivity index (χ2v) is 5.18. The zero-order chi connectivity index (χ0) is 13.0. The smallest absolute Gasteiger partial charge is 0.137 e. The van der Waals surface area contributed by atoms with Gasteiger partial charge in [-0.25, -0.2) is 0 Å². The van der Waals surface area contributed by atoms with Crippen molar-refractivity contribution in [3.05, 3.63) is 24.0 Å². The van der Waals surface area contributed by atoms with Crippen LogP contribution < -0.4 is 4.74 Å². The predicted octanol–water partition coefficient (Wildman–Crippen LogP) is 3.27. The van der Waals surface area contributed by atoms with E-state index in [-0.39, 0.29) is 0 Å². The number of hydrogen-bond donors (Lipinski definition) is 1. The Labute approximate surface area is 109 Å². The van der Waals surface area contributed by atoms with Gasteiger partial charge in [0, 0.05) is 11.8 Å². The molecule has 1 aromatic rings. The van der Waals surface area contributed by atoms with Crippen LogP contribution in [-0.4, -0.2) is 16.7 Å².